The van der Waals surface area contributed by atoms with Gasteiger partial charge in [0, 0.05) is 49.7 Å². The topological polar surface area (TPSA) is 66.5 Å². The van der Waals surface area contributed by atoms with E-state index in [4.69, 9.17) is 4.74 Å². The maximum Gasteiger partial charge on any atom is 0.318 e. The van der Waals surface area contributed by atoms with E-state index in [9.17, 15) is 4.79 Å². The van der Waals surface area contributed by atoms with E-state index in [2.05, 4.69) is 15.6 Å². The Morgan fingerprint density at radius 1 is 1.60 bits per heavy atom. The van der Waals surface area contributed by atoms with Crippen LogP contribution in [0.25, 0.3) is 0 Å². The zero-order chi connectivity index (χ0) is 13.9. The van der Waals surface area contributed by atoms with Gasteiger partial charge in [0.15, 0.2) is 0 Å². The highest BCUT2D eigenvalue weighted by atomic mass is 16.5. The second-order valence-electron chi connectivity index (χ2n) is 5.33. The van der Waals surface area contributed by atoms with Crippen LogP contribution in [-0.2, 0) is 6.54 Å². The van der Waals surface area contributed by atoms with Gasteiger partial charge in [-0.2, -0.15) is 0 Å². The maximum atomic E-state index is 12.3. The summed E-state index contributed by atoms with van der Waals surface area (Å²) >= 11 is 0. The van der Waals surface area contributed by atoms with E-state index in [0.717, 1.165) is 30.8 Å². The first kappa shape index (κ1) is 13.2. The molecule has 108 valence electrons. The highest BCUT2D eigenvalue weighted by Crippen LogP contribution is 2.22. The van der Waals surface area contributed by atoms with E-state index in [-0.39, 0.29) is 6.03 Å². The summed E-state index contributed by atoms with van der Waals surface area (Å²) in [6, 6.07) is 2.59. The second-order valence-corrected chi connectivity index (χ2v) is 5.33. The molecule has 0 aliphatic carbocycles. The van der Waals surface area contributed by atoms with Crippen LogP contribution in [0.4, 0.5) is 4.79 Å². The predicted molar refractivity (Wildman–Crippen MR) is 74.5 cm³/mol. The lowest BCUT2D eigenvalue weighted by molar-refractivity contribution is 0.0976. The van der Waals surface area contributed by atoms with Gasteiger partial charge in [0.2, 0.25) is 0 Å². The van der Waals surface area contributed by atoms with Crippen LogP contribution in [-0.4, -0.2) is 48.2 Å². The summed E-state index contributed by atoms with van der Waals surface area (Å²) in [7, 11) is 1.62. The number of pyridine rings is 1. The Morgan fingerprint density at radius 3 is 3.15 bits per heavy atom. The molecule has 0 radical (unpaired) electrons. The van der Waals surface area contributed by atoms with Crippen LogP contribution in [0.2, 0.25) is 0 Å². The van der Waals surface area contributed by atoms with Crippen LogP contribution < -0.4 is 15.4 Å². The Morgan fingerprint density at radius 2 is 2.50 bits per heavy atom. The van der Waals surface area contributed by atoms with Gasteiger partial charge in [-0.05, 0) is 18.9 Å². The number of methoxy groups -OCH3 is 1. The summed E-state index contributed by atoms with van der Waals surface area (Å²) in [5.41, 5.74) is 0.892. The first-order valence-electron chi connectivity index (χ1n) is 7.02. The molecule has 3 saturated heterocycles. The van der Waals surface area contributed by atoms with Crippen LogP contribution in [0.3, 0.4) is 0 Å². The predicted octanol–water partition coefficient (Wildman–Crippen LogP) is 0.736. The lowest BCUT2D eigenvalue weighted by atomic mass is 9.93. The number of carbonyl (C=O) groups is 1. The highest BCUT2D eigenvalue weighted by Gasteiger charge is 2.35. The van der Waals surface area contributed by atoms with Crippen LogP contribution in [0, 0.1) is 0 Å². The normalized spacial score (nSPS) is 24.6. The van der Waals surface area contributed by atoms with Crippen LogP contribution >= 0.6 is 0 Å². The van der Waals surface area contributed by atoms with Crippen molar-refractivity contribution in [2.75, 3.05) is 20.2 Å². The third-order valence-corrected chi connectivity index (χ3v) is 4.12. The number of hydrogen-bond acceptors (Lipinski definition) is 4. The Kier molecular flexibility index (Phi) is 3.73. The van der Waals surface area contributed by atoms with Crippen molar-refractivity contribution in [1.82, 2.24) is 20.5 Å². The standard InChI is InChI=1S/C14H20N4O2/c1-20-13-4-5-15-6-10(13)7-17-14(19)18-9-11-2-3-12(18)8-16-11/h4-6,11-12,16H,2-3,7-9H2,1H3,(H,17,19). The molecule has 0 spiro atoms. The molecule has 2 N–H and O–H groups in total. The zero-order valence-electron chi connectivity index (χ0n) is 11.6. The number of piperidine rings is 2. The fourth-order valence-corrected chi connectivity index (χ4v) is 2.98. The van der Waals surface area contributed by atoms with Gasteiger partial charge >= 0.3 is 6.03 Å². The molecular weight excluding hydrogens is 256 g/mol. The van der Waals surface area contributed by atoms with Crippen molar-refractivity contribution in [2.45, 2.75) is 31.5 Å². The monoisotopic (exact) mass is 276 g/mol. The lowest BCUT2D eigenvalue weighted by Gasteiger charge is -2.45. The molecule has 6 nitrogen and oxygen atoms in total. The molecule has 3 aliphatic heterocycles. The second kappa shape index (κ2) is 5.66. The molecule has 6 heteroatoms. The number of amides is 2. The molecule has 2 amide bonds. The molecule has 0 saturated carbocycles. The molecule has 0 aromatic carbocycles. The van der Waals surface area contributed by atoms with Crippen molar-refractivity contribution in [3.05, 3.63) is 24.0 Å². The van der Waals surface area contributed by atoms with Crippen molar-refractivity contribution < 1.29 is 9.53 Å². The van der Waals surface area contributed by atoms with Crippen LogP contribution in [0.5, 0.6) is 5.75 Å². The average Bonchev–Trinajstić information content (AvgIpc) is 2.54. The quantitative estimate of drug-likeness (QED) is 0.854. The first-order chi connectivity index (χ1) is 9.78. The molecule has 3 aliphatic rings. The minimum atomic E-state index is 0.00658. The number of hydrogen-bond donors (Lipinski definition) is 2. The molecule has 1 aromatic rings. The number of carbonyl (C=O) groups excluding carboxylic acids is 1. The molecule has 2 unspecified atom stereocenters. The van der Waals surface area contributed by atoms with Gasteiger partial charge in [-0.3, -0.25) is 4.98 Å². The van der Waals surface area contributed by atoms with E-state index < -0.39 is 0 Å². The summed E-state index contributed by atoms with van der Waals surface area (Å²) < 4.78 is 5.26. The minimum absolute atomic E-state index is 0.00658. The number of urea groups is 1. The van der Waals surface area contributed by atoms with Crippen molar-refractivity contribution in [2.24, 2.45) is 0 Å². The fraction of sp³-hybridized carbons (Fsp3) is 0.571. The van der Waals surface area contributed by atoms with Crippen LogP contribution in [0.1, 0.15) is 18.4 Å². The van der Waals surface area contributed by atoms with Gasteiger partial charge in [-0.25, -0.2) is 4.79 Å². The number of piperazine rings is 1. The first-order valence-corrected chi connectivity index (χ1v) is 7.02. The number of nitrogens with zero attached hydrogens (tertiary/aromatic N) is 2. The molecule has 4 rings (SSSR count). The van der Waals surface area contributed by atoms with Gasteiger partial charge in [0.05, 0.1) is 7.11 Å². The summed E-state index contributed by atoms with van der Waals surface area (Å²) in [5, 5.41) is 6.41. The molecule has 20 heavy (non-hydrogen) atoms. The summed E-state index contributed by atoms with van der Waals surface area (Å²) in [5.74, 6) is 0.752. The van der Waals surface area contributed by atoms with Gasteiger partial charge in [-0.1, -0.05) is 0 Å². The van der Waals surface area contributed by atoms with Crippen molar-refractivity contribution in [1.29, 1.82) is 0 Å². The number of ether oxygens (including phenoxy) is 1. The van der Waals surface area contributed by atoms with E-state index in [1.54, 1.807) is 25.6 Å². The maximum absolute atomic E-state index is 12.3. The van der Waals surface area contributed by atoms with Crippen molar-refractivity contribution in [3.63, 3.8) is 0 Å². The average molecular weight is 276 g/mol. The third kappa shape index (κ3) is 2.56. The van der Waals surface area contributed by atoms with Crippen molar-refractivity contribution in [3.8, 4) is 5.75 Å². The Bertz CT molecular complexity index is 486. The Hall–Kier alpha value is -1.82. The summed E-state index contributed by atoms with van der Waals surface area (Å²) in [4.78, 5) is 18.3. The third-order valence-electron chi connectivity index (χ3n) is 4.12. The lowest BCUT2D eigenvalue weighted by Crippen LogP contribution is -2.64. The molecule has 3 fully saturated rings. The Balaban J connectivity index is 1.59. The zero-order valence-corrected chi connectivity index (χ0v) is 11.6. The molecular formula is C14H20N4O2. The van der Waals surface area contributed by atoms with Gasteiger partial charge < -0.3 is 20.3 Å². The highest BCUT2D eigenvalue weighted by molar-refractivity contribution is 5.75. The molecule has 2 bridgehead atoms. The van der Waals surface area contributed by atoms with Crippen molar-refractivity contribution >= 4 is 6.03 Å². The number of fused-ring (bicyclic) bond motifs is 3. The van der Waals surface area contributed by atoms with E-state index in [1.807, 2.05) is 4.90 Å². The largest absolute Gasteiger partial charge is 0.496 e. The SMILES string of the molecule is COc1ccncc1CNC(=O)N1CC2CCC1CN2. The minimum Gasteiger partial charge on any atom is -0.496 e. The molecule has 1 aromatic heterocycles. The number of nitrogens with one attached hydrogen (secondary N) is 2. The van der Waals surface area contributed by atoms with E-state index in [0.29, 0.717) is 18.6 Å². The Labute approximate surface area is 118 Å². The van der Waals surface area contributed by atoms with E-state index >= 15 is 0 Å². The smallest absolute Gasteiger partial charge is 0.318 e. The van der Waals surface area contributed by atoms with Gasteiger partial charge in [0.25, 0.3) is 0 Å². The number of rotatable bonds is 3. The number of aromatic nitrogens is 1. The molecule has 2 atom stereocenters. The van der Waals surface area contributed by atoms with E-state index in [1.165, 1.54) is 6.42 Å². The fourth-order valence-electron chi connectivity index (χ4n) is 2.98. The van der Waals surface area contributed by atoms with Gasteiger partial charge in [-0.15, -0.1) is 0 Å². The summed E-state index contributed by atoms with van der Waals surface area (Å²) in [6.45, 7) is 2.16. The molecule has 4 heterocycles. The summed E-state index contributed by atoms with van der Waals surface area (Å²) in [6.07, 6.45) is 5.68. The van der Waals surface area contributed by atoms with Crippen LogP contribution in [0.15, 0.2) is 18.5 Å². The van der Waals surface area contributed by atoms with Gasteiger partial charge in [0.1, 0.15) is 5.75 Å².